The summed E-state index contributed by atoms with van der Waals surface area (Å²) in [5.74, 6) is 0.0832. The largest absolute Gasteiger partial charge is 0.284 e. The zero-order valence-corrected chi connectivity index (χ0v) is 14.9. The second kappa shape index (κ2) is 7.39. The van der Waals surface area contributed by atoms with Crippen LogP contribution in [0, 0.1) is 0 Å². The molecule has 23 heavy (non-hydrogen) atoms. The number of carbonyl (C=O) groups is 1. The number of nitrogens with zero attached hydrogens (tertiary/aromatic N) is 6. The molecule has 2 aromatic rings. The fraction of sp³-hybridized carbons (Fsp3) is 0.643. The number of hydrogen-bond acceptors (Lipinski definition) is 7. The highest BCUT2D eigenvalue weighted by atomic mass is 32.2. The molecule has 1 fully saturated rings. The van der Waals surface area contributed by atoms with Crippen molar-refractivity contribution in [3.05, 3.63) is 11.6 Å². The van der Waals surface area contributed by atoms with Crippen molar-refractivity contribution < 1.29 is 4.79 Å². The summed E-state index contributed by atoms with van der Waals surface area (Å²) in [7, 11) is 1.78. The topological polar surface area (TPSA) is 76.8 Å². The number of amides is 1. The summed E-state index contributed by atoms with van der Waals surface area (Å²) < 4.78 is 1.59. The Hall–Kier alpha value is -1.48. The van der Waals surface area contributed by atoms with Crippen LogP contribution in [0.1, 0.15) is 39.0 Å². The molecule has 1 amide bonds. The van der Waals surface area contributed by atoms with E-state index in [1.807, 2.05) is 17.2 Å². The first-order valence-electron chi connectivity index (χ1n) is 7.78. The summed E-state index contributed by atoms with van der Waals surface area (Å²) in [5, 5.41) is 14.5. The Bertz CT molecular complexity index is 637. The molecule has 2 heterocycles. The van der Waals surface area contributed by atoms with Gasteiger partial charge in [0.05, 0.1) is 5.25 Å². The van der Waals surface area contributed by atoms with Gasteiger partial charge in [0.25, 0.3) is 0 Å². The van der Waals surface area contributed by atoms with E-state index in [4.69, 9.17) is 0 Å². The van der Waals surface area contributed by atoms with Gasteiger partial charge in [0.15, 0.2) is 5.13 Å². The molecule has 1 atom stereocenters. The third-order valence-corrected chi connectivity index (χ3v) is 5.90. The van der Waals surface area contributed by atoms with E-state index in [1.54, 1.807) is 17.9 Å². The van der Waals surface area contributed by atoms with Crippen LogP contribution in [-0.4, -0.2) is 42.4 Å². The van der Waals surface area contributed by atoms with E-state index in [0.717, 1.165) is 18.0 Å². The van der Waals surface area contributed by atoms with Gasteiger partial charge in [-0.2, -0.15) is 0 Å². The van der Waals surface area contributed by atoms with Crippen LogP contribution in [0.25, 0.3) is 0 Å². The first kappa shape index (κ1) is 16.4. The summed E-state index contributed by atoms with van der Waals surface area (Å²) >= 11 is 2.91. The van der Waals surface area contributed by atoms with E-state index in [2.05, 4.69) is 20.5 Å². The number of aryl methyl sites for hydroxylation is 1. The highest BCUT2D eigenvalue weighted by Crippen LogP contribution is 2.31. The van der Waals surface area contributed by atoms with Crippen molar-refractivity contribution in [1.29, 1.82) is 0 Å². The molecular formula is C14H20N6OS2. The van der Waals surface area contributed by atoms with Crippen LogP contribution in [-0.2, 0) is 11.8 Å². The van der Waals surface area contributed by atoms with Gasteiger partial charge in [0.2, 0.25) is 11.1 Å². The Kier molecular flexibility index (Phi) is 5.27. The van der Waals surface area contributed by atoms with E-state index >= 15 is 0 Å². The van der Waals surface area contributed by atoms with Gasteiger partial charge in [-0.1, -0.05) is 31.0 Å². The third kappa shape index (κ3) is 3.72. The molecule has 7 nitrogen and oxygen atoms in total. The summed E-state index contributed by atoms with van der Waals surface area (Å²) in [6.45, 7) is 1.91. The van der Waals surface area contributed by atoms with Gasteiger partial charge in [-0.05, 0) is 30.2 Å². The van der Waals surface area contributed by atoms with Gasteiger partial charge in [-0.25, -0.2) is 9.67 Å². The molecule has 0 N–H and O–H groups in total. The summed E-state index contributed by atoms with van der Waals surface area (Å²) in [5.41, 5.74) is 0. The van der Waals surface area contributed by atoms with Crippen LogP contribution in [0.2, 0.25) is 0 Å². The van der Waals surface area contributed by atoms with Gasteiger partial charge in [0.1, 0.15) is 0 Å². The Balaban J connectivity index is 1.78. The fourth-order valence-corrected chi connectivity index (χ4v) is 4.35. The van der Waals surface area contributed by atoms with Crippen molar-refractivity contribution in [2.45, 2.75) is 55.5 Å². The van der Waals surface area contributed by atoms with Crippen LogP contribution in [0.15, 0.2) is 16.7 Å². The van der Waals surface area contributed by atoms with Gasteiger partial charge in [-0.3, -0.25) is 9.69 Å². The van der Waals surface area contributed by atoms with Gasteiger partial charge in [-0.15, -0.1) is 16.4 Å². The summed E-state index contributed by atoms with van der Waals surface area (Å²) in [4.78, 5) is 19.4. The Labute approximate surface area is 143 Å². The van der Waals surface area contributed by atoms with Crippen molar-refractivity contribution in [3.63, 3.8) is 0 Å². The third-order valence-electron chi connectivity index (χ3n) is 4.01. The monoisotopic (exact) mass is 352 g/mol. The average Bonchev–Trinajstić information content (AvgIpc) is 3.21. The number of thiazole rings is 1. The van der Waals surface area contributed by atoms with E-state index in [9.17, 15) is 4.79 Å². The van der Waals surface area contributed by atoms with Crippen molar-refractivity contribution in [2.24, 2.45) is 7.05 Å². The second-order valence-corrected chi connectivity index (χ2v) is 7.84. The van der Waals surface area contributed by atoms with E-state index in [0.29, 0.717) is 5.16 Å². The Morgan fingerprint density at radius 2 is 2.22 bits per heavy atom. The number of aromatic nitrogens is 5. The molecule has 0 spiro atoms. The molecule has 3 rings (SSSR count). The van der Waals surface area contributed by atoms with E-state index in [-0.39, 0.29) is 17.2 Å². The van der Waals surface area contributed by atoms with E-state index < -0.39 is 0 Å². The lowest BCUT2D eigenvalue weighted by molar-refractivity contribution is -0.118. The minimum absolute atomic E-state index is 0.0832. The number of rotatable bonds is 5. The maximum Gasteiger partial charge on any atom is 0.242 e. The SMILES string of the molecule is CC(Sc1nnnn1C)C(=O)N(c1nccs1)C1CCCCC1. The molecular weight excluding hydrogens is 332 g/mol. The number of hydrogen-bond donors (Lipinski definition) is 0. The molecule has 9 heteroatoms. The molecule has 1 saturated carbocycles. The van der Waals surface area contributed by atoms with E-state index in [1.165, 1.54) is 42.4 Å². The molecule has 0 radical (unpaired) electrons. The van der Waals surface area contributed by atoms with Crippen LogP contribution in [0.4, 0.5) is 5.13 Å². The lowest BCUT2D eigenvalue weighted by Crippen LogP contribution is -2.45. The molecule has 1 aliphatic carbocycles. The quantitative estimate of drug-likeness (QED) is 0.770. The molecule has 0 aliphatic heterocycles. The Morgan fingerprint density at radius 3 is 2.83 bits per heavy atom. The van der Waals surface area contributed by atoms with Crippen LogP contribution in [0.3, 0.4) is 0 Å². The maximum atomic E-state index is 13.1. The zero-order valence-electron chi connectivity index (χ0n) is 13.3. The predicted octanol–water partition coefficient (Wildman–Crippen LogP) is 2.51. The van der Waals surface area contributed by atoms with Crippen molar-refractivity contribution in [1.82, 2.24) is 25.2 Å². The standard InChI is InChI=1S/C14H20N6OS2/c1-10(23-14-16-17-18-19(14)2)12(21)20(13-15-8-9-22-13)11-6-4-3-5-7-11/h8-11H,3-7H2,1-2H3. The molecule has 2 aromatic heterocycles. The van der Waals surface area contributed by atoms with Crippen LogP contribution >= 0.6 is 23.1 Å². The summed E-state index contributed by atoms with van der Waals surface area (Å²) in [6.07, 6.45) is 7.46. The van der Waals surface area contributed by atoms with Gasteiger partial charge in [0, 0.05) is 24.7 Å². The Morgan fingerprint density at radius 1 is 1.43 bits per heavy atom. The van der Waals surface area contributed by atoms with Crippen LogP contribution in [0.5, 0.6) is 0 Å². The first-order valence-corrected chi connectivity index (χ1v) is 9.54. The zero-order chi connectivity index (χ0) is 16.2. The van der Waals surface area contributed by atoms with Gasteiger partial charge < -0.3 is 0 Å². The lowest BCUT2D eigenvalue weighted by atomic mass is 9.94. The number of carbonyl (C=O) groups excluding carboxylic acids is 1. The predicted molar refractivity (Wildman–Crippen MR) is 90.6 cm³/mol. The second-order valence-electron chi connectivity index (χ2n) is 5.66. The fourth-order valence-electron chi connectivity index (χ4n) is 2.83. The number of anilines is 1. The highest BCUT2D eigenvalue weighted by Gasteiger charge is 2.32. The smallest absolute Gasteiger partial charge is 0.242 e. The molecule has 0 saturated heterocycles. The maximum absolute atomic E-state index is 13.1. The summed E-state index contributed by atoms with van der Waals surface area (Å²) in [6, 6.07) is 0.253. The lowest BCUT2D eigenvalue weighted by Gasteiger charge is -2.33. The number of thioether (sulfide) groups is 1. The average molecular weight is 352 g/mol. The normalized spacial score (nSPS) is 17.1. The molecule has 0 bridgehead atoms. The number of tetrazole rings is 1. The highest BCUT2D eigenvalue weighted by molar-refractivity contribution is 8.00. The van der Waals surface area contributed by atoms with Crippen molar-refractivity contribution in [3.8, 4) is 0 Å². The van der Waals surface area contributed by atoms with Crippen LogP contribution < -0.4 is 4.90 Å². The minimum Gasteiger partial charge on any atom is -0.284 e. The van der Waals surface area contributed by atoms with Gasteiger partial charge >= 0.3 is 0 Å². The van der Waals surface area contributed by atoms with Crippen molar-refractivity contribution >= 4 is 34.1 Å². The van der Waals surface area contributed by atoms with Crippen molar-refractivity contribution in [2.75, 3.05) is 4.90 Å². The molecule has 1 aliphatic rings. The minimum atomic E-state index is -0.259. The molecule has 0 aromatic carbocycles. The molecule has 1 unspecified atom stereocenters. The first-order chi connectivity index (χ1) is 11.2. The molecule has 124 valence electrons.